The van der Waals surface area contributed by atoms with Gasteiger partial charge in [0, 0.05) is 0 Å². The minimum Gasteiger partial charge on any atom is -0.0953 e. The fourth-order valence-electron chi connectivity index (χ4n) is 3.43. The monoisotopic (exact) mass is 460 g/mol. The number of hydrogen-bond donors (Lipinski definition) is 0. The van der Waals surface area contributed by atoms with Gasteiger partial charge in [0.05, 0.1) is 0 Å². The normalized spacial score (nSPS) is 19.8. The number of hydrogen-bond acceptors (Lipinski definition) is 0. The van der Waals surface area contributed by atoms with Gasteiger partial charge in [0.1, 0.15) is 0 Å². The van der Waals surface area contributed by atoms with Crippen molar-refractivity contribution in [2.75, 3.05) is 0 Å². The second-order valence-electron chi connectivity index (χ2n) is 14.1. The SMILES string of the molecule is C=C1C=C(C(C)(C)C)C/C1=C/C(=C)C(C)(C)C.C=C1CC(C(C)(C)C)=C/C1=C/C(=C)C(C)(C)C. The van der Waals surface area contributed by atoms with Gasteiger partial charge in [0.25, 0.3) is 0 Å². The smallest absolute Gasteiger partial charge is 0.00527 e. The highest BCUT2D eigenvalue weighted by atomic mass is 14.3. The van der Waals surface area contributed by atoms with Crippen molar-refractivity contribution in [2.45, 2.75) is 95.9 Å². The quantitative estimate of drug-likeness (QED) is 0.384. The van der Waals surface area contributed by atoms with Crippen molar-refractivity contribution in [1.29, 1.82) is 0 Å². The Kier molecular flexibility index (Phi) is 9.05. The summed E-state index contributed by atoms with van der Waals surface area (Å²) in [4.78, 5) is 0. The molecule has 0 bridgehead atoms. The van der Waals surface area contributed by atoms with E-state index in [2.05, 4.69) is 134 Å². The van der Waals surface area contributed by atoms with Crippen molar-refractivity contribution >= 4 is 0 Å². The number of rotatable bonds is 2. The highest BCUT2D eigenvalue weighted by molar-refractivity contribution is 5.53. The first-order valence-electron chi connectivity index (χ1n) is 12.6. The maximum Gasteiger partial charge on any atom is -0.00527 e. The first-order valence-corrected chi connectivity index (χ1v) is 12.6. The van der Waals surface area contributed by atoms with Gasteiger partial charge in [-0.1, -0.05) is 145 Å². The molecule has 0 spiro atoms. The average Bonchev–Trinajstić information content (AvgIpc) is 3.17. The van der Waals surface area contributed by atoms with Crippen molar-refractivity contribution in [3.8, 4) is 0 Å². The van der Waals surface area contributed by atoms with E-state index in [9.17, 15) is 0 Å². The summed E-state index contributed by atoms with van der Waals surface area (Å²) in [6.07, 6.45) is 11.0. The van der Waals surface area contributed by atoms with E-state index in [1.165, 1.54) is 39.0 Å². The van der Waals surface area contributed by atoms with Crippen LogP contribution in [0.15, 0.2) is 95.2 Å². The van der Waals surface area contributed by atoms with Gasteiger partial charge in [0.2, 0.25) is 0 Å². The van der Waals surface area contributed by atoms with Gasteiger partial charge in [0.15, 0.2) is 0 Å². The van der Waals surface area contributed by atoms with Crippen LogP contribution in [0.5, 0.6) is 0 Å². The molecule has 2 aliphatic carbocycles. The Balaban J connectivity index is 0.000000340. The van der Waals surface area contributed by atoms with Gasteiger partial charge < -0.3 is 0 Å². The summed E-state index contributed by atoms with van der Waals surface area (Å²) in [5, 5.41) is 0. The molecule has 0 fully saturated rings. The van der Waals surface area contributed by atoms with Crippen molar-refractivity contribution in [1.82, 2.24) is 0 Å². The van der Waals surface area contributed by atoms with Gasteiger partial charge in [-0.2, -0.15) is 0 Å². The van der Waals surface area contributed by atoms with Crippen LogP contribution in [0.1, 0.15) is 95.9 Å². The molecule has 0 saturated heterocycles. The van der Waals surface area contributed by atoms with Gasteiger partial charge in [-0.15, -0.1) is 0 Å². The fraction of sp³-hybridized carbons (Fsp3) is 0.529. The largest absolute Gasteiger partial charge is 0.0953 e. The lowest BCUT2D eigenvalue weighted by Crippen LogP contribution is -2.08. The van der Waals surface area contributed by atoms with Gasteiger partial charge in [-0.25, -0.2) is 0 Å². The van der Waals surface area contributed by atoms with Gasteiger partial charge in [-0.05, 0) is 67.9 Å². The second-order valence-corrected chi connectivity index (χ2v) is 14.1. The third kappa shape index (κ3) is 8.61. The molecule has 0 nitrogen and oxygen atoms in total. The number of allylic oxidation sites excluding steroid dienone is 12. The second kappa shape index (κ2) is 10.3. The molecule has 2 rings (SSSR count). The van der Waals surface area contributed by atoms with Crippen LogP contribution in [0.2, 0.25) is 0 Å². The van der Waals surface area contributed by atoms with Crippen LogP contribution < -0.4 is 0 Å². The Hall–Kier alpha value is -2.08. The molecule has 0 aromatic carbocycles. The summed E-state index contributed by atoms with van der Waals surface area (Å²) in [7, 11) is 0. The first-order chi connectivity index (χ1) is 15.0. The van der Waals surface area contributed by atoms with E-state index in [0.717, 1.165) is 18.4 Å². The predicted octanol–water partition coefficient (Wildman–Crippen LogP) is 10.9. The molecule has 0 aromatic heterocycles. The summed E-state index contributed by atoms with van der Waals surface area (Å²) >= 11 is 0. The lowest BCUT2D eigenvalue weighted by molar-refractivity contribution is 0.495. The Morgan fingerprint density at radius 2 is 1.06 bits per heavy atom. The molecule has 0 aromatic rings. The molecule has 0 N–H and O–H groups in total. The molecule has 34 heavy (non-hydrogen) atoms. The average molecular weight is 461 g/mol. The highest BCUT2D eigenvalue weighted by Gasteiger charge is 2.25. The molecule has 0 radical (unpaired) electrons. The Morgan fingerprint density at radius 3 is 1.41 bits per heavy atom. The Bertz CT molecular complexity index is 965. The predicted molar refractivity (Wildman–Crippen MR) is 156 cm³/mol. The zero-order valence-corrected chi connectivity index (χ0v) is 24.6. The van der Waals surface area contributed by atoms with Crippen molar-refractivity contribution in [2.24, 2.45) is 21.7 Å². The highest BCUT2D eigenvalue weighted by Crippen LogP contribution is 2.41. The van der Waals surface area contributed by atoms with Gasteiger partial charge in [-0.3, -0.25) is 0 Å². The van der Waals surface area contributed by atoms with Crippen LogP contribution in [0.4, 0.5) is 0 Å². The molecular formula is C34H52. The van der Waals surface area contributed by atoms with E-state index >= 15 is 0 Å². The van der Waals surface area contributed by atoms with E-state index < -0.39 is 0 Å². The van der Waals surface area contributed by atoms with Crippen LogP contribution >= 0.6 is 0 Å². The van der Waals surface area contributed by atoms with Crippen molar-refractivity contribution in [3.63, 3.8) is 0 Å². The van der Waals surface area contributed by atoms with Gasteiger partial charge >= 0.3 is 0 Å². The molecule has 0 heterocycles. The summed E-state index contributed by atoms with van der Waals surface area (Å²) < 4.78 is 0. The van der Waals surface area contributed by atoms with Crippen LogP contribution in [-0.4, -0.2) is 0 Å². The van der Waals surface area contributed by atoms with E-state index in [4.69, 9.17) is 0 Å². The molecule has 0 heteroatoms. The first kappa shape index (κ1) is 30.0. The maximum atomic E-state index is 4.17. The lowest BCUT2D eigenvalue weighted by Gasteiger charge is -2.21. The molecule has 2 aliphatic rings. The summed E-state index contributed by atoms with van der Waals surface area (Å²) in [6.45, 7) is 43.4. The zero-order chi connectivity index (χ0) is 26.9. The topological polar surface area (TPSA) is 0 Å². The molecular weight excluding hydrogens is 408 g/mol. The van der Waals surface area contributed by atoms with Crippen LogP contribution in [0, 0.1) is 21.7 Å². The summed E-state index contributed by atoms with van der Waals surface area (Å²) in [6, 6.07) is 0. The van der Waals surface area contributed by atoms with Crippen LogP contribution in [-0.2, 0) is 0 Å². The molecule has 0 amide bonds. The lowest BCUT2D eigenvalue weighted by atomic mass is 9.84. The van der Waals surface area contributed by atoms with E-state index in [1.807, 2.05) is 0 Å². The van der Waals surface area contributed by atoms with E-state index in [0.29, 0.717) is 0 Å². The van der Waals surface area contributed by atoms with Crippen LogP contribution in [0.25, 0.3) is 0 Å². The molecule has 0 saturated carbocycles. The van der Waals surface area contributed by atoms with E-state index in [-0.39, 0.29) is 21.7 Å². The molecule has 0 unspecified atom stereocenters. The minimum atomic E-state index is 0.131. The van der Waals surface area contributed by atoms with Crippen LogP contribution in [0.3, 0.4) is 0 Å². The summed E-state index contributed by atoms with van der Waals surface area (Å²) in [5.41, 5.74) is 11.0. The maximum absolute atomic E-state index is 4.17. The third-order valence-electron chi connectivity index (χ3n) is 6.82. The zero-order valence-electron chi connectivity index (χ0n) is 24.6. The van der Waals surface area contributed by atoms with E-state index in [1.54, 1.807) is 0 Å². The third-order valence-corrected chi connectivity index (χ3v) is 6.82. The standard InChI is InChI=1S/2C17H26/c2*1-12-9-15(17(6,7)8)11-14(12)10-13(2)16(3,4)5/h10-11H,1-2,9H2,3-8H3;9-10H,1-2,11H2,3-8H3/b2*14-10-. The molecule has 188 valence electrons. The Labute approximate surface area is 212 Å². The Morgan fingerprint density at radius 1 is 0.647 bits per heavy atom. The summed E-state index contributed by atoms with van der Waals surface area (Å²) in [5.74, 6) is 0. The van der Waals surface area contributed by atoms with Crippen molar-refractivity contribution < 1.29 is 0 Å². The van der Waals surface area contributed by atoms with Crippen molar-refractivity contribution in [3.05, 3.63) is 95.2 Å². The molecule has 0 atom stereocenters. The fourth-order valence-corrected chi connectivity index (χ4v) is 3.43. The molecule has 0 aliphatic heterocycles. The minimum absolute atomic E-state index is 0.131.